The maximum Gasteiger partial charge on any atom is 0.146 e. The van der Waals surface area contributed by atoms with Gasteiger partial charge in [0.1, 0.15) is 17.4 Å². The lowest BCUT2D eigenvalue weighted by Gasteiger charge is -2.03. The number of rotatable bonds is 2. The number of aliphatic hydroxyl groups excluding tert-OH is 1. The SMILES string of the molecule is Cc1cc(C(O)c2cc3ccccc3o2)sc1C. The van der Waals surface area contributed by atoms with Gasteiger partial charge < -0.3 is 9.52 Å². The smallest absolute Gasteiger partial charge is 0.146 e. The molecule has 1 N–H and O–H groups in total. The van der Waals surface area contributed by atoms with Crippen molar-refractivity contribution in [3.05, 3.63) is 57.5 Å². The van der Waals surface area contributed by atoms with Crippen LogP contribution in [0.5, 0.6) is 0 Å². The van der Waals surface area contributed by atoms with Gasteiger partial charge in [-0.2, -0.15) is 0 Å². The molecule has 3 rings (SSSR count). The van der Waals surface area contributed by atoms with E-state index in [-0.39, 0.29) is 0 Å². The maximum atomic E-state index is 10.3. The average molecular weight is 258 g/mol. The summed E-state index contributed by atoms with van der Waals surface area (Å²) in [5.41, 5.74) is 2.03. The largest absolute Gasteiger partial charge is 0.458 e. The normalized spacial score (nSPS) is 13.1. The van der Waals surface area contributed by atoms with E-state index in [2.05, 4.69) is 13.8 Å². The molecule has 0 radical (unpaired) electrons. The summed E-state index contributed by atoms with van der Waals surface area (Å²) in [6.45, 7) is 4.12. The van der Waals surface area contributed by atoms with Crippen molar-refractivity contribution in [1.82, 2.24) is 0 Å². The van der Waals surface area contributed by atoms with Crippen LogP contribution in [0.2, 0.25) is 0 Å². The van der Waals surface area contributed by atoms with Gasteiger partial charge >= 0.3 is 0 Å². The molecule has 0 fully saturated rings. The molecular weight excluding hydrogens is 244 g/mol. The van der Waals surface area contributed by atoms with E-state index in [0.717, 1.165) is 15.8 Å². The molecule has 0 saturated carbocycles. The molecule has 1 unspecified atom stereocenters. The van der Waals surface area contributed by atoms with Crippen LogP contribution in [-0.2, 0) is 0 Å². The van der Waals surface area contributed by atoms with Gasteiger partial charge in [0.25, 0.3) is 0 Å². The summed E-state index contributed by atoms with van der Waals surface area (Å²) in [5, 5.41) is 11.4. The summed E-state index contributed by atoms with van der Waals surface area (Å²) in [7, 11) is 0. The molecule has 2 aromatic heterocycles. The second-order valence-electron chi connectivity index (χ2n) is 4.48. The third kappa shape index (κ3) is 1.85. The summed E-state index contributed by atoms with van der Waals surface area (Å²) >= 11 is 1.62. The minimum atomic E-state index is -0.671. The fraction of sp³-hybridized carbons (Fsp3) is 0.200. The number of thiophene rings is 1. The highest BCUT2D eigenvalue weighted by molar-refractivity contribution is 7.12. The minimum Gasteiger partial charge on any atom is -0.458 e. The molecule has 3 heteroatoms. The van der Waals surface area contributed by atoms with E-state index in [1.54, 1.807) is 11.3 Å². The molecule has 0 aliphatic heterocycles. The van der Waals surface area contributed by atoms with E-state index in [1.165, 1.54) is 10.4 Å². The first-order valence-electron chi connectivity index (χ1n) is 5.88. The van der Waals surface area contributed by atoms with Crippen LogP contribution in [0.4, 0.5) is 0 Å². The van der Waals surface area contributed by atoms with Gasteiger partial charge in [-0.15, -0.1) is 11.3 Å². The van der Waals surface area contributed by atoms with E-state index in [4.69, 9.17) is 4.42 Å². The van der Waals surface area contributed by atoms with Gasteiger partial charge in [0.15, 0.2) is 0 Å². The standard InChI is InChI=1S/C15H14O2S/c1-9-7-14(18-10(9)2)15(16)13-8-11-5-3-4-6-12(11)17-13/h3-8,15-16H,1-2H3. The van der Waals surface area contributed by atoms with Crippen LogP contribution in [0.15, 0.2) is 40.8 Å². The van der Waals surface area contributed by atoms with Crippen LogP contribution in [-0.4, -0.2) is 5.11 Å². The van der Waals surface area contributed by atoms with Gasteiger partial charge in [-0.3, -0.25) is 0 Å². The summed E-state index contributed by atoms with van der Waals surface area (Å²) in [6.07, 6.45) is -0.671. The van der Waals surface area contributed by atoms with E-state index in [1.807, 2.05) is 36.4 Å². The number of hydrogen-bond donors (Lipinski definition) is 1. The molecule has 92 valence electrons. The first-order valence-corrected chi connectivity index (χ1v) is 6.70. The molecule has 0 aliphatic carbocycles. The molecule has 2 heterocycles. The topological polar surface area (TPSA) is 33.4 Å². The second kappa shape index (κ2) is 4.26. The third-order valence-corrected chi connectivity index (χ3v) is 4.37. The zero-order valence-electron chi connectivity index (χ0n) is 10.3. The molecule has 0 amide bonds. The van der Waals surface area contributed by atoms with E-state index in [0.29, 0.717) is 5.76 Å². The Hall–Kier alpha value is -1.58. The number of hydrogen-bond acceptors (Lipinski definition) is 3. The van der Waals surface area contributed by atoms with Crippen molar-refractivity contribution in [2.24, 2.45) is 0 Å². The minimum absolute atomic E-state index is 0.609. The van der Waals surface area contributed by atoms with Crippen molar-refractivity contribution in [3.63, 3.8) is 0 Å². The lowest BCUT2D eigenvalue weighted by molar-refractivity contribution is 0.196. The van der Waals surface area contributed by atoms with Gasteiger partial charge in [-0.05, 0) is 37.6 Å². The summed E-state index contributed by atoms with van der Waals surface area (Å²) in [6, 6.07) is 11.7. The fourth-order valence-electron chi connectivity index (χ4n) is 2.01. The molecule has 0 saturated heterocycles. The van der Waals surface area contributed by atoms with Gasteiger partial charge in [0.2, 0.25) is 0 Å². The predicted octanol–water partition coefficient (Wildman–Crippen LogP) is 4.19. The first kappa shape index (κ1) is 11.5. The Morgan fingerprint density at radius 1 is 1.17 bits per heavy atom. The number of aryl methyl sites for hydroxylation is 2. The van der Waals surface area contributed by atoms with Crippen LogP contribution in [0.1, 0.15) is 27.2 Å². The Morgan fingerprint density at radius 2 is 1.94 bits per heavy atom. The van der Waals surface area contributed by atoms with Crippen molar-refractivity contribution in [1.29, 1.82) is 0 Å². The van der Waals surface area contributed by atoms with Crippen LogP contribution in [0, 0.1) is 13.8 Å². The third-order valence-electron chi connectivity index (χ3n) is 3.17. The van der Waals surface area contributed by atoms with Gasteiger partial charge in [0, 0.05) is 15.1 Å². The number of fused-ring (bicyclic) bond motifs is 1. The first-order chi connectivity index (χ1) is 8.65. The van der Waals surface area contributed by atoms with Crippen molar-refractivity contribution in [2.75, 3.05) is 0 Å². The Morgan fingerprint density at radius 3 is 2.61 bits per heavy atom. The highest BCUT2D eigenvalue weighted by Crippen LogP contribution is 2.33. The Bertz CT molecular complexity index is 641. The molecular formula is C15H14O2S. The van der Waals surface area contributed by atoms with Gasteiger partial charge in [-0.25, -0.2) is 0 Å². The van der Waals surface area contributed by atoms with Crippen molar-refractivity contribution < 1.29 is 9.52 Å². The van der Waals surface area contributed by atoms with Crippen LogP contribution in [0.25, 0.3) is 11.0 Å². The number of furan rings is 1. The van der Waals surface area contributed by atoms with E-state index in [9.17, 15) is 5.11 Å². The van der Waals surface area contributed by atoms with Crippen LogP contribution in [0.3, 0.4) is 0 Å². The number of para-hydroxylation sites is 1. The summed E-state index contributed by atoms with van der Waals surface area (Å²) < 4.78 is 5.69. The zero-order valence-corrected chi connectivity index (χ0v) is 11.1. The Labute approximate surface area is 109 Å². The molecule has 3 aromatic rings. The highest BCUT2D eigenvalue weighted by Gasteiger charge is 2.18. The molecule has 0 aliphatic rings. The van der Waals surface area contributed by atoms with E-state index < -0.39 is 6.10 Å². The van der Waals surface area contributed by atoms with Crippen LogP contribution >= 0.6 is 11.3 Å². The van der Waals surface area contributed by atoms with Gasteiger partial charge in [0.05, 0.1) is 0 Å². The number of benzene rings is 1. The van der Waals surface area contributed by atoms with Crippen molar-refractivity contribution in [2.45, 2.75) is 20.0 Å². The quantitative estimate of drug-likeness (QED) is 0.747. The predicted molar refractivity (Wildman–Crippen MR) is 74.1 cm³/mol. The molecule has 2 nitrogen and oxygen atoms in total. The second-order valence-corrected chi connectivity index (χ2v) is 5.76. The Balaban J connectivity index is 2.03. The monoisotopic (exact) mass is 258 g/mol. The maximum absolute atomic E-state index is 10.3. The van der Waals surface area contributed by atoms with Crippen LogP contribution < -0.4 is 0 Å². The molecule has 1 aromatic carbocycles. The van der Waals surface area contributed by atoms with Crippen molar-refractivity contribution >= 4 is 22.3 Å². The summed E-state index contributed by atoms with van der Waals surface area (Å²) in [5.74, 6) is 0.609. The molecule has 0 bridgehead atoms. The van der Waals surface area contributed by atoms with Crippen molar-refractivity contribution in [3.8, 4) is 0 Å². The highest BCUT2D eigenvalue weighted by atomic mass is 32.1. The molecule has 18 heavy (non-hydrogen) atoms. The zero-order chi connectivity index (χ0) is 12.7. The lowest BCUT2D eigenvalue weighted by atomic mass is 10.2. The Kier molecular flexibility index (Phi) is 2.73. The average Bonchev–Trinajstić information content (AvgIpc) is 2.93. The lowest BCUT2D eigenvalue weighted by Crippen LogP contribution is -1.94. The van der Waals surface area contributed by atoms with Gasteiger partial charge in [-0.1, -0.05) is 18.2 Å². The fourth-order valence-corrected chi connectivity index (χ4v) is 3.05. The molecule has 0 spiro atoms. The number of aliphatic hydroxyl groups is 1. The molecule has 1 atom stereocenters. The summed E-state index contributed by atoms with van der Waals surface area (Å²) in [4.78, 5) is 2.17. The van der Waals surface area contributed by atoms with E-state index >= 15 is 0 Å².